The number of carbonyl (C=O) groups excluding carboxylic acids is 1. The van der Waals surface area contributed by atoms with Gasteiger partial charge in [-0.3, -0.25) is 4.79 Å². The second kappa shape index (κ2) is 4.07. The summed E-state index contributed by atoms with van der Waals surface area (Å²) in [6, 6.07) is 9.91. The van der Waals surface area contributed by atoms with E-state index in [9.17, 15) is 4.79 Å². The standard InChI is InChI=1S/C16H20O3/c1-15(2,3)19-14(17)16(11-7-5-4-6-8-11)12-9-10-18-13(12)16/h4-8,12-13H,9-10H2,1-3H3/t12?,13?,16-/m1/s1. The van der Waals surface area contributed by atoms with Crippen molar-refractivity contribution < 1.29 is 14.3 Å². The first-order valence-corrected chi connectivity index (χ1v) is 6.87. The zero-order valence-electron chi connectivity index (χ0n) is 11.7. The van der Waals surface area contributed by atoms with Gasteiger partial charge in [0.25, 0.3) is 0 Å². The van der Waals surface area contributed by atoms with Crippen LogP contribution in [-0.2, 0) is 19.7 Å². The molecule has 3 atom stereocenters. The van der Waals surface area contributed by atoms with Crippen LogP contribution in [0.4, 0.5) is 0 Å². The summed E-state index contributed by atoms with van der Waals surface area (Å²) in [4.78, 5) is 12.7. The largest absolute Gasteiger partial charge is 0.459 e. The van der Waals surface area contributed by atoms with E-state index in [2.05, 4.69) is 0 Å². The van der Waals surface area contributed by atoms with Gasteiger partial charge in [0.1, 0.15) is 11.0 Å². The van der Waals surface area contributed by atoms with Gasteiger partial charge in [-0.15, -0.1) is 0 Å². The predicted molar refractivity (Wildman–Crippen MR) is 71.8 cm³/mol. The lowest BCUT2D eigenvalue weighted by molar-refractivity contribution is -0.160. The number of carbonyl (C=O) groups is 1. The molecule has 0 amide bonds. The molecule has 2 unspecified atom stereocenters. The maximum absolute atomic E-state index is 12.7. The van der Waals surface area contributed by atoms with Crippen molar-refractivity contribution in [3.8, 4) is 0 Å². The first kappa shape index (κ1) is 12.7. The summed E-state index contributed by atoms with van der Waals surface area (Å²) < 4.78 is 11.4. The topological polar surface area (TPSA) is 35.5 Å². The van der Waals surface area contributed by atoms with Gasteiger partial charge in [0.05, 0.1) is 6.10 Å². The van der Waals surface area contributed by atoms with Gasteiger partial charge in [-0.25, -0.2) is 0 Å². The van der Waals surface area contributed by atoms with Gasteiger partial charge in [-0.1, -0.05) is 30.3 Å². The monoisotopic (exact) mass is 260 g/mol. The summed E-state index contributed by atoms with van der Waals surface area (Å²) in [6.07, 6.45) is 0.948. The minimum atomic E-state index is -0.563. The molecule has 2 fully saturated rings. The highest BCUT2D eigenvalue weighted by molar-refractivity contribution is 5.90. The predicted octanol–water partition coefficient (Wildman–Crippen LogP) is 2.68. The fourth-order valence-corrected chi connectivity index (χ4v) is 3.21. The summed E-state index contributed by atoms with van der Waals surface area (Å²) in [5.74, 6) is 0.144. The van der Waals surface area contributed by atoms with Gasteiger partial charge in [0.15, 0.2) is 0 Å². The van der Waals surface area contributed by atoms with Gasteiger partial charge >= 0.3 is 5.97 Å². The third-order valence-electron chi connectivity index (χ3n) is 4.00. The summed E-state index contributed by atoms with van der Waals surface area (Å²) in [7, 11) is 0. The van der Waals surface area contributed by atoms with Crippen molar-refractivity contribution in [2.24, 2.45) is 5.92 Å². The highest BCUT2D eigenvalue weighted by atomic mass is 16.6. The highest BCUT2D eigenvalue weighted by Gasteiger charge is 2.74. The fraction of sp³-hybridized carbons (Fsp3) is 0.562. The van der Waals surface area contributed by atoms with Crippen molar-refractivity contribution in [1.29, 1.82) is 0 Å². The van der Waals surface area contributed by atoms with E-state index in [0.717, 1.165) is 18.6 Å². The molecule has 3 rings (SSSR count). The Morgan fingerprint density at radius 3 is 2.53 bits per heavy atom. The van der Waals surface area contributed by atoms with Crippen LogP contribution >= 0.6 is 0 Å². The molecule has 19 heavy (non-hydrogen) atoms. The molecule has 1 saturated carbocycles. The van der Waals surface area contributed by atoms with E-state index in [0.29, 0.717) is 0 Å². The lowest BCUT2D eigenvalue weighted by Gasteiger charge is -2.26. The van der Waals surface area contributed by atoms with E-state index in [-0.39, 0.29) is 18.0 Å². The Balaban J connectivity index is 1.94. The molecule has 0 radical (unpaired) electrons. The van der Waals surface area contributed by atoms with Crippen LogP contribution in [0.2, 0.25) is 0 Å². The molecule has 0 spiro atoms. The van der Waals surface area contributed by atoms with Crippen molar-refractivity contribution in [1.82, 2.24) is 0 Å². The lowest BCUT2D eigenvalue weighted by Crippen LogP contribution is -2.36. The van der Waals surface area contributed by atoms with Crippen LogP contribution in [0.1, 0.15) is 32.8 Å². The second-order valence-electron chi connectivity index (χ2n) is 6.42. The molecule has 0 aromatic heterocycles. The van der Waals surface area contributed by atoms with Crippen molar-refractivity contribution in [2.45, 2.75) is 44.3 Å². The van der Waals surface area contributed by atoms with Crippen LogP contribution in [-0.4, -0.2) is 24.3 Å². The molecule has 1 heterocycles. The molecular formula is C16H20O3. The Kier molecular flexibility index (Phi) is 2.72. The normalized spacial score (nSPS) is 32.8. The highest BCUT2D eigenvalue weighted by Crippen LogP contribution is 2.62. The third-order valence-corrected chi connectivity index (χ3v) is 4.00. The van der Waals surface area contributed by atoms with Gasteiger partial charge in [0.2, 0.25) is 0 Å². The maximum atomic E-state index is 12.7. The molecule has 3 heteroatoms. The molecule has 3 nitrogen and oxygen atoms in total. The third kappa shape index (κ3) is 1.88. The molecule has 102 valence electrons. The Morgan fingerprint density at radius 2 is 2.00 bits per heavy atom. The zero-order valence-corrected chi connectivity index (χ0v) is 11.7. The van der Waals surface area contributed by atoms with Gasteiger partial charge in [-0.05, 0) is 32.8 Å². The average molecular weight is 260 g/mol. The van der Waals surface area contributed by atoms with E-state index in [1.807, 2.05) is 51.1 Å². The van der Waals surface area contributed by atoms with E-state index >= 15 is 0 Å². The van der Waals surface area contributed by atoms with Crippen LogP contribution in [0, 0.1) is 5.92 Å². The van der Waals surface area contributed by atoms with Crippen LogP contribution in [0.25, 0.3) is 0 Å². The Hall–Kier alpha value is -1.35. The van der Waals surface area contributed by atoms with Crippen LogP contribution < -0.4 is 0 Å². The number of fused-ring (bicyclic) bond motifs is 1. The smallest absolute Gasteiger partial charge is 0.320 e. The van der Waals surface area contributed by atoms with Crippen molar-refractivity contribution in [2.75, 3.05) is 6.61 Å². The number of hydrogen-bond acceptors (Lipinski definition) is 3. The van der Waals surface area contributed by atoms with Crippen LogP contribution in [0.15, 0.2) is 30.3 Å². The van der Waals surface area contributed by atoms with Crippen LogP contribution in [0.3, 0.4) is 0 Å². The molecule has 0 bridgehead atoms. The van der Waals surface area contributed by atoms with E-state index < -0.39 is 11.0 Å². The zero-order chi connectivity index (χ0) is 13.7. The molecule has 1 aliphatic heterocycles. The Morgan fingerprint density at radius 1 is 1.32 bits per heavy atom. The van der Waals surface area contributed by atoms with Gasteiger partial charge in [-0.2, -0.15) is 0 Å². The second-order valence-corrected chi connectivity index (χ2v) is 6.42. The Labute approximate surface area is 113 Å². The minimum absolute atomic E-state index is 0.00440. The summed E-state index contributed by atoms with van der Waals surface area (Å²) in [6.45, 7) is 6.47. The first-order valence-electron chi connectivity index (χ1n) is 6.87. The number of rotatable bonds is 2. The average Bonchev–Trinajstić information content (AvgIpc) is 2.73. The van der Waals surface area contributed by atoms with Crippen molar-refractivity contribution in [3.05, 3.63) is 35.9 Å². The molecule has 1 aliphatic carbocycles. The number of esters is 1. The first-order chi connectivity index (χ1) is 8.96. The van der Waals surface area contributed by atoms with E-state index in [1.54, 1.807) is 0 Å². The van der Waals surface area contributed by atoms with E-state index in [1.165, 1.54) is 0 Å². The lowest BCUT2D eigenvalue weighted by atomic mass is 9.91. The summed E-state index contributed by atoms with van der Waals surface area (Å²) in [5, 5.41) is 0. The van der Waals surface area contributed by atoms with Crippen LogP contribution in [0.5, 0.6) is 0 Å². The number of benzene rings is 1. The fourth-order valence-electron chi connectivity index (χ4n) is 3.21. The number of hydrogen-bond donors (Lipinski definition) is 0. The molecule has 1 saturated heterocycles. The molecule has 2 aliphatic rings. The van der Waals surface area contributed by atoms with Gasteiger partial charge in [0, 0.05) is 12.5 Å². The summed E-state index contributed by atoms with van der Waals surface area (Å²) in [5.41, 5.74) is 0.00155. The molecule has 1 aromatic carbocycles. The van der Waals surface area contributed by atoms with E-state index in [4.69, 9.17) is 9.47 Å². The molecular weight excluding hydrogens is 240 g/mol. The molecule has 0 N–H and O–H groups in total. The quantitative estimate of drug-likeness (QED) is 0.767. The van der Waals surface area contributed by atoms with Crippen molar-refractivity contribution >= 4 is 5.97 Å². The minimum Gasteiger partial charge on any atom is -0.459 e. The van der Waals surface area contributed by atoms with Crippen molar-refractivity contribution in [3.63, 3.8) is 0 Å². The molecule has 1 aromatic rings. The Bertz CT molecular complexity index is 476. The maximum Gasteiger partial charge on any atom is 0.320 e. The summed E-state index contributed by atoms with van der Waals surface area (Å²) >= 11 is 0. The SMILES string of the molecule is CC(C)(C)OC(=O)[C@]1(c2ccccc2)C2CCOC21. The number of ether oxygens (including phenoxy) is 2. The van der Waals surface area contributed by atoms with Gasteiger partial charge < -0.3 is 9.47 Å².